The number of nitrogens with zero attached hydrogens (tertiary/aromatic N) is 2. The molecule has 2 unspecified atom stereocenters. The van der Waals surface area contributed by atoms with E-state index in [0.29, 0.717) is 19.6 Å². The first-order valence-corrected chi connectivity index (χ1v) is 8.91. The van der Waals surface area contributed by atoms with E-state index in [4.69, 9.17) is 5.73 Å². The Labute approximate surface area is 154 Å². The molecule has 142 valence electrons. The molecule has 4 rings (SSSR count). The molecule has 1 aromatic rings. The van der Waals surface area contributed by atoms with Crippen LogP contribution in [0, 0.1) is 11.7 Å². The van der Waals surface area contributed by atoms with E-state index >= 15 is 0 Å². The molecule has 2 saturated heterocycles. The van der Waals surface area contributed by atoms with Crippen LogP contribution in [0.3, 0.4) is 0 Å². The fourth-order valence-electron chi connectivity index (χ4n) is 3.97. The number of amides is 4. The number of nitrogens with one attached hydrogen (secondary N) is 1. The fourth-order valence-corrected chi connectivity index (χ4v) is 3.97. The normalized spacial score (nSPS) is 25.3. The number of piperidine rings is 1. The number of nitrogens with two attached hydrogens (primary N) is 1. The van der Waals surface area contributed by atoms with Gasteiger partial charge in [-0.15, -0.1) is 0 Å². The molecular formula is C18H19FN4O4. The van der Waals surface area contributed by atoms with E-state index in [1.54, 1.807) is 0 Å². The predicted molar refractivity (Wildman–Crippen MR) is 92.4 cm³/mol. The summed E-state index contributed by atoms with van der Waals surface area (Å²) in [5.41, 5.74) is 5.96. The van der Waals surface area contributed by atoms with Crippen LogP contribution in [0.1, 0.15) is 40.0 Å². The van der Waals surface area contributed by atoms with Gasteiger partial charge in [-0.05, 0) is 37.4 Å². The fraction of sp³-hybridized carbons (Fsp3) is 0.444. The Balaban J connectivity index is 1.65. The average Bonchev–Trinajstić information content (AvgIpc) is 3.19. The van der Waals surface area contributed by atoms with Crippen LogP contribution < -0.4 is 16.0 Å². The molecule has 2 fully saturated rings. The molecule has 3 heterocycles. The molecule has 2 atom stereocenters. The number of imide groups is 2. The zero-order chi connectivity index (χ0) is 19.3. The molecule has 27 heavy (non-hydrogen) atoms. The summed E-state index contributed by atoms with van der Waals surface area (Å²) in [5, 5.41) is 2.13. The van der Waals surface area contributed by atoms with Gasteiger partial charge in [-0.2, -0.15) is 0 Å². The number of carbonyl (C=O) groups is 4. The highest BCUT2D eigenvalue weighted by atomic mass is 19.1. The van der Waals surface area contributed by atoms with E-state index in [9.17, 15) is 23.6 Å². The third kappa shape index (κ3) is 2.78. The number of hydrogen-bond acceptors (Lipinski definition) is 6. The maximum atomic E-state index is 14.6. The number of hydrogen-bond donors (Lipinski definition) is 2. The molecule has 0 aromatic heterocycles. The molecule has 9 heteroatoms. The Morgan fingerprint density at radius 3 is 2.44 bits per heavy atom. The molecule has 3 aliphatic heterocycles. The number of halogens is 1. The minimum Gasteiger partial charge on any atom is -0.369 e. The number of anilines is 1. The lowest BCUT2D eigenvalue weighted by molar-refractivity contribution is -0.136. The van der Waals surface area contributed by atoms with Gasteiger partial charge in [-0.1, -0.05) is 0 Å². The van der Waals surface area contributed by atoms with Gasteiger partial charge in [0, 0.05) is 19.5 Å². The second-order valence-electron chi connectivity index (χ2n) is 7.13. The van der Waals surface area contributed by atoms with Crippen molar-refractivity contribution in [2.75, 3.05) is 24.5 Å². The second-order valence-corrected chi connectivity index (χ2v) is 7.13. The van der Waals surface area contributed by atoms with Gasteiger partial charge in [0.05, 0.1) is 16.8 Å². The topological polar surface area (TPSA) is 113 Å². The first-order chi connectivity index (χ1) is 12.9. The smallest absolute Gasteiger partial charge is 0.262 e. The van der Waals surface area contributed by atoms with Crippen molar-refractivity contribution < 1.29 is 23.6 Å². The molecule has 0 spiro atoms. The van der Waals surface area contributed by atoms with Gasteiger partial charge in [0.2, 0.25) is 11.8 Å². The Morgan fingerprint density at radius 1 is 1.11 bits per heavy atom. The van der Waals surface area contributed by atoms with Crippen molar-refractivity contribution in [3.8, 4) is 0 Å². The SMILES string of the molecule is NCC1CCN(c2cc3c(cc2F)C(=O)N(C2CCC(=O)NC2=O)C3=O)C1. The van der Waals surface area contributed by atoms with Gasteiger partial charge in [0.15, 0.2) is 0 Å². The quantitative estimate of drug-likeness (QED) is 0.721. The lowest BCUT2D eigenvalue weighted by atomic mass is 10.0. The van der Waals surface area contributed by atoms with Crippen molar-refractivity contribution in [3.63, 3.8) is 0 Å². The standard InChI is InChI=1S/C18H19FN4O4/c19-12-5-10-11(6-14(12)22-4-3-9(7-20)8-22)18(27)23(17(10)26)13-1-2-15(24)21-16(13)25/h5-6,9,13H,1-4,7-8,20H2,(H,21,24,25). The molecule has 3 aliphatic rings. The van der Waals surface area contributed by atoms with Crippen molar-refractivity contribution in [1.82, 2.24) is 10.2 Å². The Bertz CT molecular complexity index is 871. The highest BCUT2D eigenvalue weighted by Gasteiger charge is 2.45. The maximum Gasteiger partial charge on any atom is 0.262 e. The minimum atomic E-state index is -1.06. The highest BCUT2D eigenvalue weighted by Crippen LogP contribution is 2.34. The number of benzene rings is 1. The first kappa shape index (κ1) is 17.6. The minimum absolute atomic E-state index is 0.0394. The van der Waals surface area contributed by atoms with Crippen LogP contribution in [0.15, 0.2) is 12.1 Å². The van der Waals surface area contributed by atoms with Crippen LogP contribution in [0.2, 0.25) is 0 Å². The zero-order valence-electron chi connectivity index (χ0n) is 14.5. The van der Waals surface area contributed by atoms with Crippen LogP contribution in [0.25, 0.3) is 0 Å². The second kappa shape index (κ2) is 6.41. The summed E-state index contributed by atoms with van der Waals surface area (Å²) in [6.45, 7) is 1.71. The zero-order valence-corrected chi connectivity index (χ0v) is 14.5. The van der Waals surface area contributed by atoms with Crippen molar-refractivity contribution >= 4 is 29.3 Å². The Hall–Kier alpha value is -2.81. The summed E-state index contributed by atoms with van der Waals surface area (Å²) in [7, 11) is 0. The number of rotatable bonds is 3. The van der Waals surface area contributed by atoms with Gasteiger partial charge in [0.25, 0.3) is 11.8 Å². The molecule has 4 amide bonds. The maximum absolute atomic E-state index is 14.6. The molecular weight excluding hydrogens is 355 g/mol. The van der Waals surface area contributed by atoms with Gasteiger partial charge in [0.1, 0.15) is 11.9 Å². The van der Waals surface area contributed by atoms with Gasteiger partial charge < -0.3 is 10.6 Å². The average molecular weight is 374 g/mol. The summed E-state index contributed by atoms with van der Waals surface area (Å²) in [5.74, 6) is -2.80. The van der Waals surface area contributed by atoms with E-state index in [1.165, 1.54) is 6.07 Å². The lowest BCUT2D eigenvalue weighted by Crippen LogP contribution is -2.54. The van der Waals surface area contributed by atoms with Gasteiger partial charge in [-0.3, -0.25) is 29.4 Å². The summed E-state index contributed by atoms with van der Waals surface area (Å²) in [6, 6.07) is 1.39. The molecule has 8 nitrogen and oxygen atoms in total. The third-order valence-electron chi connectivity index (χ3n) is 5.47. The largest absolute Gasteiger partial charge is 0.369 e. The molecule has 3 N–H and O–H groups in total. The molecule has 0 saturated carbocycles. The Kier molecular flexibility index (Phi) is 4.18. The summed E-state index contributed by atoms with van der Waals surface area (Å²) >= 11 is 0. The van der Waals surface area contributed by atoms with Crippen LogP contribution in [0.5, 0.6) is 0 Å². The Morgan fingerprint density at radius 2 is 1.81 bits per heavy atom. The van der Waals surface area contributed by atoms with Crippen LogP contribution in [-0.4, -0.2) is 54.2 Å². The molecule has 1 aromatic carbocycles. The van der Waals surface area contributed by atoms with E-state index in [0.717, 1.165) is 17.4 Å². The summed E-state index contributed by atoms with van der Waals surface area (Å²) in [6.07, 6.45) is 0.940. The summed E-state index contributed by atoms with van der Waals surface area (Å²) in [4.78, 5) is 51.5. The van der Waals surface area contributed by atoms with Crippen LogP contribution in [0.4, 0.5) is 10.1 Å². The van der Waals surface area contributed by atoms with Crippen molar-refractivity contribution in [2.24, 2.45) is 11.7 Å². The van der Waals surface area contributed by atoms with E-state index in [-0.39, 0.29) is 35.6 Å². The van der Waals surface area contributed by atoms with Crippen LogP contribution in [-0.2, 0) is 9.59 Å². The van der Waals surface area contributed by atoms with Crippen molar-refractivity contribution in [2.45, 2.75) is 25.3 Å². The number of carbonyl (C=O) groups excluding carboxylic acids is 4. The lowest BCUT2D eigenvalue weighted by Gasteiger charge is -2.27. The summed E-state index contributed by atoms with van der Waals surface area (Å²) < 4.78 is 14.6. The number of fused-ring (bicyclic) bond motifs is 1. The van der Waals surface area contributed by atoms with E-state index in [1.807, 2.05) is 4.90 Å². The first-order valence-electron chi connectivity index (χ1n) is 8.91. The van der Waals surface area contributed by atoms with Crippen molar-refractivity contribution in [1.29, 1.82) is 0 Å². The van der Waals surface area contributed by atoms with E-state index < -0.39 is 35.5 Å². The third-order valence-corrected chi connectivity index (χ3v) is 5.47. The molecule has 0 aliphatic carbocycles. The highest BCUT2D eigenvalue weighted by molar-refractivity contribution is 6.23. The van der Waals surface area contributed by atoms with Crippen LogP contribution >= 0.6 is 0 Å². The molecule has 0 bridgehead atoms. The van der Waals surface area contributed by atoms with E-state index in [2.05, 4.69) is 5.32 Å². The van der Waals surface area contributed by atoms with Crippen molar-refractivity contribution in [3.05, 3.63) is 29.1 Å². The predicted octanol–water partition coefficient (Wildman–Crippen LogP) is 0.0119. The van der Waals surface area contributed by atoms with Gasteiger partial charge in [-0.25, -0.2) is 4.39 Å². The monoisotopic (exact) mass is 374 g/mol. The van der Waals surface area contributed by atoms with Gasteiger partial charge >= 0.3 is 0 Å². The molecule has 0 radical (unpaired) electrons.